The Morgan fingerprint density at radius 3 is 2.58 bits per heavy atom. The molecular formula is C15H19NO3. The average molecular weight is 261 g/mol. The van der Waals surface area contributed by atoms with Crippen molar-refractivity contribution < 1.29 is 14.3 Å². The maximum absolute atomic E-state index is 12.4. The van der Waals surface area contributed by atoms with Crippen molar-refractivity contribution in [1.82, 2.24) is 4.90 Å². The second-order valence-corrected chi connectivity index (χ2v) is 5.14. The Morgan fingerprint density at radius 1 is 1.16 bits per heavy atom. The third kappa shape index (κ3) is 1.75. The van der Waals surface area contributed by atoms with Crippen LogP contribution in [0.2, 0.25) is 0 Å². The molecule has 0 bridgehead atoms. The van der Waals surface area contributed by atoms with Crippen molar-refractivity contribution in [2.75, 3.05) is 27.3 Å². The van der Waals surface area contributed by atoms with E-state index in [1.165, 1.54) is 5.56 Å². The summed E-state index contributed by atoms with van der Waals surface area (Å²) in [7, 11) is 3.12. The molecule has 0 saturated carbocycles. The predicted molar refractivity (Wildman–Crippen MR) is 70.8 cm³/mol. The summed E-state index contributed by atoms with van der Waals surface area (Å²) < 4.78 is 11.1. The zero-order valence-electron chi connectivity index (χ0n) is 11.4. The summed E-state index contributed by atoms with van der Waals surface area (Å²) >= 11 is 0. The second-order valence-electron chi connectivity index (χ2n) is 5.14. The van der Waals surface area contributed by atoms with Crippen LogP contribution in [0.4, 0.5) is 0 Å². The van der Waals surface area contributed by atoms with Gasteiger partial charge in [0.05, 0.1) is 6.04 Å². The summed E-state index contributed by atoms with van der Waals surface area (Å²) in [5.41, 5.74) is 2.45. The van der Waals surface area contributed by atoms with Gasteiger partial charge < -0.3 is 9.47 Å². The molecule has 2 aliphatic heterocycles. The second kappa shape index (κ2) is 4.71. The van der Waals surface area contributed by atoms with Crippen LogP contribution in [0.25, 0.3) is 0 Å². The van der Waals surface area contributed by atoms with Crippen LogP contribution in [-0.2, 0) is 20.7 Å². The average Bonchev–Trinajstić information content (AvgIpc) is 2.47. The van der Waals surface area contributed by atoms with Gasteiger partial charge in [0.15, 0.2) is 5.78 Å². The molecule has 4 heteroatoms. The van der Waals surface area contributed by atoms with Gasteiger partial charge in [0.1, 0.15) is 0 Å². The Bertz CT molecular complexity index is 496. The van der Waals surface area contributed by atoms with Crippen LogP contribution in [0, 0.1) is 0 Å². The van der Waals surface area contributed by atoms with E-state index in [0.29, 0.717) is 6.42 Å². The fraction of sp³-hybridized carbons (Fsp3) is 0.533. The minimum absolute atomic E-state index is 0.0375. The number of fused-ring (bicyclic) bond motifs is 3. The highest BCUT2D eigenvalue weighted by Crippen LogP contribution is 2.43. The van der Waals surface area contributed by atoms with Crippen molar-refractivity contribution in [1.29, 1.82) is 0 Å². The molecule has 2 aliphatic rings. The topological polar surface area (TPSA) is 38.8 Å². The zero-order chi connectivity index (χ0) is 13.5. The van der Waals surface area contributed by atoms with Crippen LogP contribution in [0.5, 0.6) is 0 Å². The molecule has 3 rings (SSSR count). The SMILES string of the molecule is COC1(OC)C(=O)CCN2CCc3ccccc3C21. The summed E-state index contributed by atoms with van der Waals surface area (Å²) in [4.78, 5) is 14.7. The Kier molecular flexibility index (Phi) is 3.17. The first-order valence-corrected chi connectivity index (χ1v) is 6.68. The maximum Gasteiger partial charge on any atom is 0.248 e. The molecule has 1 atom stereocenters. The van der Waals surface area contributed by atoms with Crippen molar-refractivity contribution in [3.8, 4) is 0 Å². The van der Waals surface area contributed by atoms with Crippen molar-refractivity contribution >= 4 is 5.78 Å². The number of ketones is 1. The fourth-order valence-electron chi connectivity index (χ4n) is 3.41. The van der Waals surface area contributed by atoms with Gasteiger partial charge in [0.25, 0.3) is 0 Å². The van der Waals surface area contributed by atoms with Gasteiger partial charge in [-0.1, -0.05) is 24.3 Å². The van der Waals surface area contributed by atoms with E-state index in [1.807, 2.05) is 12.1 Å². The predicted octanol–water partition coefficient (Wildman–Crippen LogP) is 1.55. The first kappa shape index (κ1) is 12.8. The molecule has 0 amide bonds. The highest BCUT2D eigenvalue weighted by atomic mass is 16.7. The molecule has 4 nitrogen and oxygen atoms in total. The van der Waals surface area contributed by atoms with Crippen LogP contribution < -0.4 is 0 Å². The van der Waals surface area contributed by atoms with E-state index in [9.17, 15) is 4.79 Å². The molecule has 0 N–H and O–H groups in total. The third-order valence-electron chi connectivity index (χ3n) is 4.36. The Balaban J connectivity index is 2.13. The molecule has 0 radical (unpaired) electrons. The van der Waals surface area contributed by atoms with Crippen LogP contribution in [0.15, 0.2) is 24.3 Å². The van der Waals surface area contributed by atoms with Gasteiger partial charge in [-0.15, -0.1) is 0 Å². The minimum atomic E-state index is -1.16. The number of rotatable bonds is 2. The van der Waals surface area contributed by atoms with Gasteiger partial charge in [-0.25, -0.2) is 0 Å². The Labute approximate surface area is 113 Å². The Morgan fingerprint density at radius 2 is 1.84 bits per heavy atom. The molecule has 0 aromatic heterocycles. The van der Waals surface area contributed by atoms with Crippen molar-refractivity contribution in [3.05, 3.63) is 35.4 Å². The van der Waals surface area contributed by atoms with Crippen molar-refractivity contribution in [3.63, 3.8) is 0 Å². The number of piperidine rings is 1. The minimum Gasteiger partial charge on any atom is -0.346 e. The van der Waals surface area contributed by atoms with E-state index >= 15 is 0 Å². The number of methoxy groups -OCH3 is 2. The smallest absolute Gasteiger partial charge is 0.248 e. The fourth-order valence-corrected chi connectivity index (χ4v) is 3.41. The molecule has 0 aliphatic carbocycles. The van der Waals surface area contributed by atoms with Crippen molar-refractivity contribution in [2.45, 2.75) is 24.7 Å². The van der Waals surface area contributed by atoms with Gasteiger partial charge in [0.2, 0.25) is 5.79 Å². The van der Waals surface area contributed by atoms with Crippen molar-refractivity contribution in [2.24, 2.45) is 0 Å². The molecular weight excluding hydrogens is 242 g/mol. The van der Waals surface area contributed by atoms with E-state index in [4.69, 9.17) is 9.47 Å². The molecule has 19 heavy (non-hydrogen) atoms. The van der Waals surface area contributed by atoms with Gasteiger partial charge >= 0.3 is 0 Å². The summed E-state index contributed by atoms with van der Waals surface area (Å²) in [5, 5.41) is 0. The summed E-state index contributed by atoms with van der Waals surface area (Å²) in [6, 6.07) is 8.13. The van der Waals surface area contributed by atoms with Crippen LogP contribution >= 0.6 is 0 Å². The van der Waals surface area contributed by atoms with Crippen LogP contribution in [0.1, 0.15) is 23.6 Å². The quantitative estimate of drug-likeness (QED) is 0.757. The number of nitrogens with zero attached hydrogens (tertiary/aromatic N) is 1. The first-order valence-electron chi connectivity index (χ1n) is 6.68. The number of hydrogen-bond donors (Lipinski definition) is 0. The molecule has 1 aromatic rings. The number of benzene rings is 1. The lowest BCUT2D eigenvalue weighted by molar-refractivity contribution is -0.245. The number of carbonyl (C=O) groups excluding carboxylic acids is 1. The zero-order valence-corrected chi connectivity index (χ0v) is 11.4. The molecule has 1 unspecified atom stereocenters. The van der Waals surface area contributed by atoms with E-state index < -0.39 is 5.79 Å². The Hall–Kier alpha value is -1.23. The summed E-state index contributed by atoms with van der Waals surface area (Å²) in [6.07, 6.45) is 1.50. The van der Waals surface area contributed by atoms with Gasteiger partial charge in [0, 0.05) is 33.7 Å². The number of ether oxygens (including phenoxy) is 2. The standard InChI is InChI=1S/C15H19NO3/c1-18-15(19-2)13(17)8-10-16-9-7-11-5-3-4-6-12(11)14(15)16/h3-6,14H,7-10H2,1-2H3. The van der Waals surface area contributed by atoms with Gasteiger partial charge in [-0.2, -0.15) is 0 Å². The van der Waals surface area contributed by atoms with E-state index in [1.54, 1.807) is 14.2 Å². The molecule has 1 aromatic carbocycles. The molecule has 2 heterocycles. The normalized spacial score (nSPS) is 25.8. The largest absolute Gasteiger partial charge is 0.346 e. The summed E-state index contributed by atoms with van der Waals surface area (Å²) in [6.45, 7) is 1.73. The lowest BCUT2D eigenvalue weighted by atomic mass is 9.82. The van der Waals surface area contributed by atoms with E-state index in [0.717, 1.165) is 25.1 Å². The van der Waals surface area contributed by atoms with Crippen LogP contribution in [0.3, 0.4) is 0 Å². The van der Waals surface area contributed by atoms with Crippen LogP contribution in [-0.4, -0.2) is 43.8 Å². The lowest BCUT2D eigenvalue weighted by Crippen LogP contribution is -2.60. The van der Waals surface area contributed by atoms with Gasteiger partial charge in [-0.05, 0) is 17.5 Å². The highest BCUT2D eigenvalue weighted by Gasteiger charge is 2.54. The maximum atomic E-state index is 12.4. The molecule has 0 spiro atoms. The lowest BCUT2D eigenvalue weighted by Gasteiger charge is -2.49. The number of Topliss-reactive ketones (excluding diaryl/α,β-unsaturated/α-hetero) is 1. The molecule has 102 valence electrons. The van der Waals surface area contributed by atoms with Gasteiger partial charge in [-0.3, -0.25) is 9.69 Å². The monoisotopic (exact) mass is 261 g/mol. The van der Waals surface area contributed by atoms with E-state index in [-0.39, 0.29) is 11.8 Å². The highest BCUT2D eigenvalue weighted by molar-refractivity contribution is 5.88. The van der Waals surface area contributed by atoms with E-state index in [2.05, 4.69) is 17.0 Å². The molecule has 1 saturated heterocycles. The summed E-state index contributed by atoms with van der Waals surface area (Å²) in [5.74, 6) is -1.12. The third-order valence-corrected chi connectivity index (χ3v) is 4.36. The molecule has 1 fully saturated rings. The number of carbonyl (C=O) groups is 1. The number of hydrogen-bond acceptors (Lipinski definition) is 4. The first-order chi connectivity index (χ1) is 9.23.